The quantitative estimate of drug-likeness (QED) is 0.171. The maximum atomic E-state index is 11.4. The summed E-state index contributed by atoms with van der Waals surface area (Å²) >= 11 is 0. The van der Waals surface area contributed by atoms with Crippen LogP contribution in [0.1, 0.15) is 64.7 Å². The Bertz CT molecular complexity index is 1090. The van der Waals surface area contributed by atoms with Gasteiger partial charge in [0.25, 0.3) is 6.33 Å². The van der Waals surface area contributed by atoms with Gasteiger partial charge in [0.15, 0.2) is 20.0 Å². The first-order valence-corrected chi connectivity index (χ1v) is 14.3. The van der Waals surface area contributed by atoms with Gasteiger partial charge in [-0.1, -0.05) is 81.2 Å². The number of para-hydroxylation sites is 1. The zero-order valence-electron chi connectivity index (χ0n) is 20.1. The van der Waals surface area contributed by atoms with E-state index in [-0.39, 0.29) is 0 Å². The van der Waals surface area contributed by atoms with Crippen LogP contribution in [0.3, 0.4) is 0 Å². The third kappa shape index (κ3) is 11.8. The maximum absolute atomic E-state index is 11.4. The number of unbranched alkanes of at least 4 members (excludes halogenated alkanes) is 8. The Labute approximate surface area is 212 Å². The van der Waals surface area contributed by atoms with Crippen LogP contribution >= 0.6 is 0 Å². The number of hydrogen-bond acceptors (Lipinski definition) is 5. The molecule has 212 valence electrons. The molecule has 0 amide bonds. The topological polar surface area (TPSA) is 104 Å². The Kier molecular flexibility index (Phi) is 13.0. The van der Waals surface area contributed by atoms with Crippen molar-refractivity contribution in [3.05, 3.63) is 47.1 Å². The fraction of sp³-hybridized carbons (Fsp3) is 0.619. The second-order valence-electron chi connectivity index (χ2n) is 8.01. The monoisotopic (exact) mass is 580 g/mol. The maximum Gasteiger partial charge on any atom is 0.480 e. The van der Waals surface area contributed by atoms with Gasteiger partial charge in [0.05, 0.1) is 6.54 Å². The Morgan fingerprint density at radius 2 is 1.24 bits per heavy atom. The van der Waals surface area contributed by atoms with Gasteiger partial charge in [-0.2, -0.15) is 26.3 Å². The molecule has 0 N–H and O–H groups in total. The molecule has 0 aliphatic rings. The normalized spacial score (nSPS) is 12.7. The minimum Gasteiger partial charge on any atom is -0.421 e. The summed E-state index contributed by atoms with van der Waals surface area (Å²) in [6, 6.07) is 10.3. The molecule has 8 nitrogen and oxygen atoms in total. The Balaban J connectivity index is 0.000000401. The average Bonchev–Trinajstić information content (AvgIpc) is 3.26. The highest BCUT2D eigenvalue weighted by molar-refractivity contribution is 8.13. The molecule has 0 aliphatic heterocycles. The van der Waals surface area contributed by atoms with E-state index in [1.165, 1.54) is 57.8 Å². The van der Waals surface area contributed by atoms with Crippen LogP contribution in [0.4, 0.5) is 26.3 Å². The first-order valence-electron chi connectivity index (χ1n) is 11.5. The molecule has 0 bridgehead atoms. The molecule has 1 aromatic carbocycles. The lowest BCUT2D eigenvalue weighted by molar-refractivity contribution is -0.697. The molecule has 16 heteroatoms. The molecule has 1 aromatic heterocycles. The lowest BCUT2D eigenvalue weighted by Gasteiger charge is -2.22. The molecular formula is C21H30F6N4O4S2. The molecule has 1 heterocycles. The summed E-state index contributed by atoms with van der Waals surface area (Å²) in [5.41, 5.74) is -11.3. The van der Waals surface area contributed by atoms with Gasteiger partial charge >= 0.3 is 11.0 Å². The van der Waals surface area contributed by atoms with Crippen LogP contribution in [0.25, 0.3) is 9.81 Å². The lowest BCUT2D eigenvalue weighted by atomic mass is 10.1. The van der Waals surface area contributed by atoms with Crippen LogP contribution in [-0.2, 0) is 26.6 Å². The predicted octanol–water partition coefficient (Wildman–Crippen LogP) is 5.75. The fourth-order valence-corrected chi connectivity index (χ4v) is 4.68. The van der Waals surface area contributed by atoms with Crippen LogP contribution in [-0.4, -0.2) is 37.6 Å². The smallest absolute Gasteiger partial charge is 0.421 e. The molecule has 0 saturated carbocycles. The number of benzene rings is 1. The molecular weight excluding hydrogens is 550 g/mol. The van der Waals surface area contributed by atoms with Crippen LogP contribution in [0.2, 0.25) is 0 Å². The summed E-state index contributed by atoms with van der Waals surface area (Å²) in [4.78, 5) is 0. The van der Waals surface area contributed by atoms with Crippen LogP contribution < -0.4 is 4.57 Å². The molecule has 0 saturated heterocycles. The molecule has 2 rings (SSSR count). The standard InChI is InChI=1S/C19H30N3.C2F6NO4S2/c1-2-3-4-5-6-7-8-9-13-16-21-17-20-22(18-21)19-14-11-10-12-15-19;3-1(4,5)14(10,11)9-15(12,13)2(6,7)8/h10-12,14-15,17-18H,2-9,13,16H2,1H3;/q+1;-1. The molecule has 0 atom stereocenters. The summed E-state index contributed by atoms with van der Waals surface area (Å²) in [7, 11) is -13.4. The number of alkyl halides is 6. The summed E-state index contributed by atoms with van der Waals surface area (Å²) in [5, 5.41) is 4.42. The van der Waals surface area contributed by atoms with E-state index < -0.39 is 31.1 Å². The van der Waals surface area contributed by atoms with E-state index in [2.05, 4.69) is 35.0 Å². The van der Waals surface area contributed by atoms with E-state index in [9.17, 15) is 43.2 Å². The SMILES string of the molecule is CCCCCCCCCCC[n+]1cnn(-c2ccccc2)c1.O=S(=O)([N-]S(=O)(=O)C(F)(F)F)C(F)(F)F. The van der Waals surface area contributed by atoms with Gasteiger partial charge in [0, 0.05) is 5.10 Å². The van der Waals surface area contributed by atoms with Crippen molar-refractivity contribution in [2.45, 2.75) is 82.3 Å². The van der Waals surface area contributed by atoms with Gasteiger partial charge in [-0.05, 0) is 18.6 Å². The summed E-state index contributed by atoms with van der Waals surface area (Å²) in [6.07, 6.45) is 16.4. The van der Waals surface area contributed by atoms with E-state index in [4.69, 9.17) is 0 Å². The van der Waals surface area contributed by atoms with Gasteiger partial charge in [0.2, 0.25) is 6.33 Å². The molecule has 2 aromatic rings. The van der Waals surface area contributed by atoms with Gasteiger partial charge in [-0.25, -0.2) is 21.4 Å². The van der Waals surface area contributed by atoms with Crippen molar-refractivity contribution in [3.63, 3.8) is 0 Å². The van der Waals surface area contributed by atoms with Gasteiger partial charge < -0.3 is 4.13 Å². The summed E-state index contributed by atoms with van der Waals surface area (Å²) in [6.45, 7) is 3.35. The third-order valence-corrected chi connectivity index (χ3v) is 7.64. The van der Waals surface area contributed by atoms with E-state index in [1.807, 2.05) is 29.2 Å². The minimum atomic E-state index is -6.72. The van der Waals surface area contributed by atoms with E-state index >= 15 is 0 Å². The summed E-state index contributed by atoms with van der Waals surface area (Å²) in [5.74, 6) is 0. The van der Waals surface area contributed by atoms with Gasteiger partial charge in [0.1, 0.15) is 5.69 Å². The number of halogens is 6. The van der Waals surface area contributed by atoms with Crippen molar-refractivity contribution in [1.29, 1.82) is 0 Å². The molecule has 0 radical (unpaired) electrons. The third-order valence-electron chi connectivity index (χ3n) is 4.90. The second kappa shape index (κ2) is 14.7. The van der Waals surface area contributed by atoms with Crippen LogP contribution in [0.15, 0.2) is 43.0 Å². The number of nitrogens with zero attached hydrogens (tertiary/aromatic N) is 4. The van der Waals surface area contributed by atoms with E-state index in [1.54, 1.807) is 0 Å². The molecule has 0 unspecified atom stereocenters. The van der Waals surface area contributed by atoms with E-state index in [0.717, 1.165) is 16.4 Å². The highest BCUT2D eigenvalue weighted by atomic mass is 32.3. The van der Waals surface area contributed by atoms with Crippen molar-refractivity contribution in [2.24, 2.45) is 0 Å². The average molecular weight is 581 g/mol. The molecule has 0 spiro atoms. The van der Waals surface area contributed by atoms with Crippen LogP contribution in [0.5, 0.6) is 0 Å². The number of hydrogen-bond donors (Lipinski definition) is 0. The Morgan fingerprint density at radius 3 is 1.70 bits per heavy atom. The summed E-state index contributed by atoms with van der Waals surface area (Å²) < 4.78 is 113. The van der Waals surface area contributed by atoms with Crippen molar-refractivity contribution in [1.82, 2.24) is 9.78 Å². The zero-order valence-corrected chi connectivity index (χ0v) is 21.8. The van der Waals surface area contributed by atoms with Crippen molar-refractivity contribution in [3.8, 4) is 5.69 Å². The fourth-order valence-electron chi connectivity index (χ4n) is 2.97. The number of aromatic nitrogens is 3. The first-order chi connectivity index (χ1) is 17.1. The minimum absolute atomic E-state index is 0.778. The van der Waals surface area contributed by atoms with Gasteiger partial charge in [-0.3, -0.25) is 0 Å². The number of rotatable bonds is 13. The zero-order chi connectivity index (χ0) is 28.2. The molecule has 37 heavy (non-hydrogen) atoms. The Hall–Kier alpha value is -2.20. The van der Waals surface area contributed by atoms with Crippen molar-refractivity contribution < 1.29 is 47.7 Å². The van der Waals surface area contributed by atoms with Gasteiger partial charge in [-0.15, -0.1) is 0 Å². The lowest BCUT2D eigenvalue weighted by Crippen LogP contribution is -2.30. The molecule has 0 aliphatic carbocycles. The van der Waals surface area contributed by atoms with Crippen molar-refractivity contribution >= 4 is 20.0 Å². The first kappa shape index (κ1) is 32.8. The number of sulfonamides is 2. The van der Waals surface area contributed by atoms with E-state index in [0.29, 0.717) is 0 Å². The highest BCUT2D eigenvalue weighted by Gasteiger charge is 2.46. The highest BCUT2D eigenvalue weighted by Crippen LogP contribution is 2.36. The number of aryl methyl sites for hydroxylation is 1. The second-order valence-corrected chi connectivity index (χ2v) is 11.4. The predicted molar refractivity (Wildman–Crippen MR) is 124 cm³/mol. The van der Waals surface area contributed by atoms with Crippen molar-refractivity contribution in [2.75, 3.05) is 0 Å². The molecule has 0 fully saturated rings. The van der Waals surface area contributed by atoms with Crippen LogP contribution in [0, 0.1) is 0 Å². The Morgan fingerprint density at radius 1 is 0.784 bits per heavy atom. The largest absolute Gasteiger partial charge is 0.480 e.